The molecule has 212 valence electrons. The molecular formula is C35H26N2O6. The number of carbonyl (C=O) groups excluding carboxylic acids is 3. The van der Waals surface area contributed by atoms with Gasteiger partial charge in [-0.05, 0) is 24.6 Å². The molecule has 3 aliphatic rings. The summed E-state index contributed by atoms with van der Waals surface area (Å²) in [5.74, 6) is -1.63. The first-order valence-electron chi connectivity index (χ1n) is 14.1. The van der Waals surface area contributed by atoms with E-state index in [9.17, 15) is 24.5 Å². The van der Waals surface area contributed by atoms with E-state index in [1.165, 1.54) is 18.2 Å². The molecule has 0 amide bonds. The Kier molecular flexibility index (Phi) is 6.09. The molecule has 43 heavy (non-hydrogen) atoms. The summed E-state index contributed by atoms with van der Waals surface area (Å²) in [6, 6.07) is 25.3. The summed E-state index contributed by atoms with van der Waals surface area (Å²) in [4.78, 5) is 57.4. The van der Waals surface area contributed by atoms with Gasteiger partial charge in [-0.25, -0.2) is 0 Å². The van der Waals surface area contributed by atoms with Gasteiger partial charge in [0.1, 0.15) is 17.2 Å². The Hall–Kier alpha value is -5.37. The van der Waals surface area contributed by atoms with Crippen LogP contribution in [-0.2, 0) is 0 Å². The number of Topliss-reactive ketones (excluding diaryl/α,β-unsaturated/α-hetero) is 3. The molecule has 1 unspecified atom stereocenters. The van der Waals surface area contributed by atoms with Crippen molar-refractivity contribution in [3.05, 3.63) is 141 Å². The minimum Gasteiger partial charge on any atom is -0.494 e. The SMILES string of the molecule is CCOc1ccccc1[C@@H]1[C@@H](C(=O)c2cccc([N+](=O)[O-])c2)N2c3ccccc3C=CC2C12C(=O)c1ccccc1C2=O. The van der Waals surface area contributed by atoms with Crippen molar-refractivity contribution >= 4 is 34.8 Å². The monoisotopic (exact) mass is 570 g/mol. The van der Waals surface area contributed by atoms with E-state index in [1.807, 2.05) is 60.4 Å². The van der Waals surface area contributed by atoms with Crippen LogP contribution in [0.15, 0.2) is 103 Å². The first-order valence-corrected chi connectivity index (χ1v) is 14.1. The molecule has 2 heterocycles. The van der Waals surface area contributed by atoms with Crippen LogP contribution in [0.4, 0.5) is 11.4 Å². The Morgan fingerprint density at radius 3 is 2.30 bits per heavy atom. The van der Waals surface area contributed by atoms with Gasteiger partial charge in [0, 0.05) is 46.0 Å². The van der Waals surface area contributed by atoms with E-state index in [4.69, 9.17) is 4.74 Å². The summed E-state index contributed by atoms with van der Waals surface area (Å²) in [6.07, 6.45) is 3.74. The maximum absolute atomic E-state index is 14.8. The topological polar surface area (TPSA) is 107 Å². The Balaban J connectivity index is 1.56. The van der Waals surface area contributed by atoms with Gasteiger partial charge >= 0.3 is 0 Å². The van der Waals surface area contributed by atoms with Crippen LogP contribution in [0.5, 0.6) is 5.75 Å². The zero-order valence-electron chi connectivity index (χ0n) is 23.2. The van der Waals surface area contributed by atoms with Crippen molar-refractivity contribution in [2.24, 2.45) is 5.41 Å². The van der Waals surface area contributed by atoms with E-state index in [0.29, 0.717) is 34.7 Å². The highest BCUT2D eigenvalue weighted by Crippen LogP contribution is 2.62. The Morgan fingerprint density at radius 1 is 0.907 bits per heavy atom. The zero-order valence-corrected chi connectivity index (χ0v) is 23.2. The molecule has 0 saturated carbocycles. The minimum atomic E-state index is -1.69. The molecule has 8 heteroatoms. The van der Waals surface area contributed by atoms with Gasteiger partial charge in [-0.3, -0.25) is 24.5 Å². The van der Waals surface area contributed by atoms with Crippen LogP contribution >= 0.6 is 0 Å². The second-order valence-corrected chi connectivity index (χ2v) is 10.9. The molecule has 7 rings (SSSR count). The van der Waals surface area contributed by atoms with Crippen molar-refractivity contribution in [3.8, 4) is 5.75 Å². The molecular weight excluding hydrogens is 544 g/mol. The molecule has 2 aliphatic heterocycles. The summed E-state index contributed by atoms with van der Waals surface area (Å²) >= 11 is 0. The lowest BCUT2D eigenvalue weighted by Gasteiger charge is -2.37. The summed E-state index contributed by atoms with van der Waals surface area (Å²) < 4.78 is 6.05. The summed E-state index contributed by atoms with van der Waals surface area (Å²) in [5.41, 5.74) is 0.942. The third kappa shape index (κ3) is 3.65. The number of fused-ring (bicyclic) bond motifs is 5. The van der Waals surface area contributed by atoms with Crippen molar-refractivity contribution in [1.29, 1.82) is 0 Å². The van der Waals surface area contributed by atoms with E-state index in [2.05, 4.69) is 0 Å². The molecule has 0 radical (unpaired) electrons. The smallest absolute Gasteiger partial charge is 0.270 e. The van der Waals surface area contributed by atoms with E-state index in [-0.39, 0.29) is 22.8 Å². The lowest BCUT2D eigenvalue weighted by Crippen LogP contribution is -2.48. The largest absolute Gasteiger partial charge is 0.494 e. The number of nitrogens with zero attached hydrogens (tertiary/aromatic N) is 2. The fraction of sp³-hybridized carbons (Fsp3) is 0.171. The number of hydrogen-bond acceptors (Lipinski definition) is 7. The van der Waals surface area contributed by atoms with E-state index >= 15 is 0 Å². The van der Waals surface area contributed by atoms with Gasteiger partial charge in [0.2, 0.25) is 0 Å². The van der Waals surface area contributed by atoms with Crippen molar-refractivity contribution in [2.45, 2.75) is 24.9 Å². The molecule has 1 fully saturated rings. The van der Waals surface area contributed by atoms with Gasteiger partial charge in [-0.15, -0.1) is 0 Å². The number of anilines is 1. The molecule has 1 saturated heterocycles. The molecule has 1 spiro atoms. The Morgan fingerprint density at radius 2 is 1.58 bits per heavy atom. The van der Waals surface area contributed by atoms with Crippen LogP contribution in [0.1, 0.15) is 55.0 Å². The van der Waals surface area contributed by atoms with Gasteiger partial charge < -0.3 is 9.64 Å². The lowest BCUT2D eigenvalue weighted by atomic mass is 9.64. The first kappa shape index (κ1) is 26.5. The van der Waals surface area contributed by atoms with Gasteiger partial charge in [0.25, 0.3) is 5.69 Å². The van der Waals surface area contributed by atoms with E-state index in [1.54, 1.807) is 42.5 Å². The van der Waals surface area contributed by atoms with E-state index < -0.39 is 34.1 Å². The molecule has 0 N–H and O–H groups in total. The van der Waals surface area contributed by atoms with Crippen molar-refractivity contribution in [2.75, 3.05) is 11.5 Å². The number of ether oxygens (including phenoxy) is 1. The third-order valence-corrected chi connectivity index (χ3v) is 8.88. The lowest BCUT2D eigenvalue weighted by molar-refractivity contribution is -0.384. The van der Waals surface area contributed by atoms with Crippen molar-refractivity contribution in [1.82, 2.24) is 0 Å². The molecule has 4 aromatic rings. The van der Waals surface area contributed by atoms with Crippen molar-refractivity contribution < 1.29 is 24.0 Å². The summed E-state index contributed by atoms with van der Waals surface area (Å²) in [5, 5.41) is 11.7. The fourth-order valence-corrected chi connectivity index (χ4v) is 7.23. The molecule has 0 aromatic heterocycles. The molecule has 0 bridgehead atoms. The number of ketones is 3. The van der Waals surface area contributed by atoms with Crippen LogP contribution in [-0.4, -0.2) is 41.0 Å². The maximum Gasteiger partial charge on any atom is 0.270 e. The second-order valence-electron chi connectivity index (χ2n) is 10.9. The van der Waals surface area contributed by atoms with E-state index in [0.717, 1.165) is 5.56 Å². The number of nitro benzene ring substituents is 1. The highest BCUT2D eigenvalue weighted by Gasteiger charge is 2.72. The zero-order chi connectivity index (χ0) is 29.9. The number of nitro groups is 1. The number of benzene rings is 4. The Labute approximate surface area is 247 Å². The second kappa shape index (κ2) is 9.87. The number of non-ortho nitro benzene ring substituents is 1. The molecule has 3 atom stereocenters. The highest BCUT2D eigenvalue weighted by atomic mass is 16.6. The molecule has 4 aromatic carbocycles. The van der Waals surface area contributed by atoms with Crippen LogP contribution in [0, 0.1) is 15.5 Å². The summed E-state index contributed by atoms with van der Waals surface area (Å²) in [7, 11) is 0. The number of rotatable bonds is 6. The third-order valence-electron chi connectivity index (χ3n) is 8.88. The van der Waals surface area contributed by atoms with Crippen LogP contribution in [0.2, 0.25) is 0 Å². The van der Waals surface area contributed by atoms with Crippen molar-refractivity contribution in [3.63, 3.8) is 0 Å². The van der Waals surface area contributed by atoms with Crippen LogP contribution in [0.25, 0.3) is 6.08 Å². The summed E-state index contributed by atoms with van der Waals surface area (Å²) in [6.45, 7) is 2.18. The predicted molar refractivity (Wildman–Crippen MR) is 161 cm³/mol. The average molecular weight is 571 g/mol. The number of hydrogen-bond donors (Lipinski definition) is 0. The highest BCUT2D eigenvalue weighted by molar-refractivity contribution is 6.32. The number of carbonyl (C=O) groups is 3. The van der Waals surface area contributed by atoms with Gasteiger partial charge in [0.05, 0.1) is 17.6 Å². The molecule has 1 aliphatic carbocycles. The predicted octanol–water partition coefficient (Wildman–Crippen LogP) is 6.31. The average Bonchev–Trinajstić information content (AvgIpc) is 3.47. The normalized spacial score (nSPS) is 21.0. The number of para-hydroxylation sites is 2. The first-order chi connectivity index (χ1) is 20.9. The maximum atomic E-state index is 14.8. The van der Waals surface area contributed by atoms with Gasteiger partial charge in [0.15, 0.2) is 17.3 Å². The minimum absolute atomic E-state index is 0.122. The van der Waals surface area contributed by atoms with Crippen LogP contribution < -0.4 is 9.64 Å². The van der Waals surface area contributed by atoms with Crippen LogP contribution in [0.3, 0.4) is 0 Å². The quantitative estimate of drug-likeness (QED) is 0.116. The van der Waals surface area contributed by atoms with Gasteiger partial charge in [-0.2, -0.15) is 0 Å². The standard InChI is InChI=1S/C35H26N2O6/c1-2-43-28-17-8-6-15-26(28)30-31(32(38)22-11-9-12-23(20-22)37(41)42)36-27-16-7-3-10-21(27)18-19-29(36)35(30)33(39)24-13-4-5-14-25(24)34(35)40/h3-20,29-31H,2H2,1H3/t29?,30-,31+/m1/s1. The van der Waals surface area contributed by atoms with Gasteiger partial charge in [-0.1, -0.05) is 84.9 Å². The molecule has 8 nitrogen and oxygen atoms in total. The fourth-order valence-electron chi connectivity index (χ4n) is 7.23. The Bertz CT molecular complexity index is 1840.